The van der Waals surface area contributed by atoms with E-state index < -0.39 is 10.0 Å². The number of nitrogens with zero attached hydrogens (tertiary/aromatic N) is 1. The van der Waals surface area contributed by atoms with E-state index in [4.69, 9.17) is 28.3 Å². The van der Waals surface area contributed by atoms with Gasteiger partial charge in [0.25, 0.3) is 0 Å². The number of hydrogen-bond acceptors (Lipinski definition) is 3. The molecule has 0 aliphatic heterocycles. The maximum Gasteiger partial charge on any atom is 0.246 e. The van der Waals surface area contributed by atoms with Crippen LogP contribution in [-0.2, 0) is 10.0 Å². The predicted octanol–water partition coefficient (Wildman–Crippen LogP) is 2.76. The van der Waals surface area contributed by atoms with Gasteiger partial charge in [-0.3, -0.25) is 0 Å². The first-order valence-electron chi connectivity index (χ1n) is 6.32. The third-order valence-corrected chi connectivity index (χ3v) is 6.05. The molecule has 0 aliphatic rings. The second-order valence-electron chi connectivity index (χ2n) is 4.51. The number of sulfonamides is 1. The van der Waals surface area contributed by atoms with Gasteiger partial charge in [0.05, 0.1) is 10.0 Å². The Hall–Kier alpha value is -0.770. The molecule has 7 heteroatoms. The molecule has 0 aromatic heterocycles. The van der Waals surface area contributed by atoms with Gasteiger partial charge in [-0.2, -0.15) is 4.31 Å². The van der Waals surface area contributed by atoms with E-state index in [1.807, 2.05) is 6.92 Å². The van der Waals surface area contributed by atoms with E-state index in [0.29, 0.717) is 12.0 Å². The van der Waals surface area contributed by atoms with E-state index in [0.717, 1.165) is 0 Å². The third kappa shape index (κ3) is 4.12. The van der Waals surface area contributed by atoms with Crippen molar-refractivity contribution < 1.29 is 13.5 Å². The lowest BCUT2D eigenvalue weighted by atomic mass is 10.2. The minimum Gasteiger partial charge on any atom is -0.384 e. The van der Waals surface area contributed by atoms with Gasteiger partial charge in [0.15, 0.2) is 0 Å². The summed E-state index contributed by atoms with van der Waals surface area (Å²) in [7, 11) is -2.28. The van der Waals surface area contributed by atoms with Gasteiger partial charge in [-0.15, -0.1) is 0 Å². The van der Waals surface area contributed by atoms with E-state index in [1.54, 1.807) is 6.92 Å². The number of halogens is 2. The molecule has 0 saturated carbocycles. The molecule has 1 N–H and O–H groups in total. The molecule has 0 amide bonds. The van der Waals surface area contributed by atoms with Crippen LogP contribution in [0.5, 0.6) is 0 Å². The molecular weight excluding hydrogens is 333 g/mol. The predicted molar refractivity (Wildman–Crippen MR) is 85.1 cm³/mol. The lowest BCUT2D eigenvalue weighted by Crippen LogP contribution is -2.35. The van der Waals surface area contributed by atoms with Crippen LogP contribution in [0.1, 0.15) is 25.8 Å². The summed E-state index contributed by atoms with van der Waals surface area (Å²) in [6, 6.07) is 2.68. The van der Waals surface area contributed by atoms with Gasteiger partial charge in [0.2, 0.25) is 10.0 Å². The van der Waals surface area contributed by atoms with Crippen molar-refractivity contribution >= 4 is 33.2 Å². The van der Waals surface area contributed by atoms with Crippen LogP contribution in [0.2, 0.25) is 10.0 Å². The minimum atomic E-state index is -3.78. The average molecular weight is 350 g/mol. The van der Waals surface area contributed by atoms with Crippen molar-refractivity contribution in [2.75, 3.05) is 13.7 Å². The van der Waals surface area contributed by atoms with Crippen LogP contribution in [0.3, 0.4) is 0 Å². The molecule has 0 radical (unpaired) electrons. The number of rotatable bonds is 4. The molecule has 1 unspecified atom stereocenters. The number of aliphatic hydroxyl groups excluding tert-OH is 1. The van der Waals surface area contributed by atoms with Crippen LogP contribution < -0.4 is 0 Å². The van der Waals surface area contributed by atoms with E-state index >= 15 is 0 Å². The summed E-state index contributed by atoms with van der Waals surface area (Å²) in [5.74, 6) is 5.10. The second kappa shape index (κ2) is 7.48. The van der Waals surface area contributed by atoms with Gasteiger partial charge < -0.3 is 5.11 Å². The van der Waals surface area contributed by atoms with Crippen molar-refractivity contribution in [2.45, 2.75) is 31.2 Å². The third-order valence-electron chi connectivity index (χ3n) is 3.16. The van der Waals surface area contributed by atoms with Crippen LogP contribution in [0.4, 0.5) is 0 Å². The second-order valence-corrected chi connectivity index (χ2v) is 7.26. The first kappa shape index (κ1) is 18.3. The molecule has 1 aromatic carbocycles. The number of hydrogen-bond donors (Lipinski definition) is 1. The normalized spacial score (nSPS) is 12.9. The summed E-state index contributed by atoms with van der Waals surface area (Å²) in [5, 5.41) is 8.70. The lowest BCUT2D eigenvalue weighted by molar-refractivity contribution is 0.350. The Bertz CT molecular complexity index is 654. The zero-order valence-corrected chi connectivity index (χ0v) is 14.3. The maximum absolute atomic E-state index is 12.6. The van der Waals surface area contributed by atoms with E-state index in [9.17, 15) is 8.42 Å². The van der Waals surface area contributed by atoms with Crippen molar-refractivity contribution in [2.24, 2.45) is 0 Å². The summed E-state index contributed by atoms with van der Waals surface area (Å²) in [6.07, 6.45) is 0.672. The van der Waals surface area contributed by atoms with Gasteiger partial charge in [-0.05, 0) is 25.5 Å². The molecule has 0 aliphatic carbocycles. The van der Waals surface area contributed by atoms with Gasteiger partial charge in [-0.1, -0.05) is 42.0 Å². The van der Waals surface area contributed by atoms with E-state index in [2.05, 4.69) is 11.8 Å². The molecule has 1 aromatic rings. The van der Waals surface area contributed by atoms with Crippen molar-refractivity contribution in [1.82, 2.24) is 4.31 Å². The van der Waals surface area contributed by atoms with Gasteiger partial charge >= 0.3 is 0 Å². The Balaban J connectivity index is 3.38. The molecule has 0 bridgehead atoms. The summed E-state index contributed by atoms with van der Waals surface area (Å²) in [6.45, 7) is 3.40. The van der Waals surface area contributed by atoms with Gasteiger partial charge in [0, 0.05) is 18.7 Å². The standard InChI is InChI=1S/C14H17Cl2NO3S/c1-4-10(2)17(3)21(19,20)14-12(15)8-11(6-5-7-18)9-13(14)16/h8-10,18H,4,7H2,1-3H3. The SMILES string of the molecule is CCC(C)N(C)S(=O)(=O)c1c(Cl)cc(C#CCO)cc1Cl. The van der Waals surface area contributed by atoms with Crippen LogP contribution in [0.15, 0.2) is 17.0 Å². The highest BCUT2D eigenvalue weighted by Crippen LogP contribution is 2.33. The Morgan fingerprint density at radius 2 is 1.86 bits per heavy atom. The van der Waals surface area contributed by atoms with Crippen molar-refractivity contribution in [3.05, 3.63) is 27.7 Å². The molecule has 0 heterocycles. The molecule has 1 atom stereocenters. The quantitative estimate of drug-likeness (QED) is 0.850. The highest BCUT2D eigenvalue weighted by atomic mass is 35.5. The van der Waals surface area contributed by atoms with Crippen molar-refractivity contribution in [3.8, 4) is 11.8 Å². The molecule has 0 saturated heterocycles. The highest BCUT2D eigenvalue weighted by Gasteiger charge is 2.29. The van der Waals surface area contributed by atoms with E-state index in [1.165, 1.54) is 23.5 Å². The summed E-state index contributed by atoms with van der Waals surface area (Å²) < 4.78 is 26.4. The lowest BCUT2D eigenvalue weighted by Gasteiger charge is -2.24. The molecule has 4 nitrogen and oxygen atoms in total. The molecule has 1 rings (SSSR count). The summed E-state index contributed by atoms with van der Waals surface area (Å²) >= 11 is 12.1. The van der Waals surface area contributed by atoms with Gasteiger partial charge in [-0.25, -0.2) is 8.42 Å². The zero-order valence-electron chi connectivity index (χ0n) is 12.0. The highest BCUT2D eigenvalue weighted by molar-refractivity contribution is 7.89. The van der Waals surface area contributed by atoms with Crippen molar-refractivity contribution in [1.29, 1.82) is 0 Å². The fraction of sp³-hybridized carbons (Fsp3) is 0.429. The fourth-order valence-corrected chi connectivity index (χ4v) is 4.25. The first-order chi connectivity index (χ1) is 9.75. The Morgan fingerprint density at radius 1 is 1.33 bits per heavy atom. The number of aliphatic hydroxyl groups is 1. The zero-order chi connectivity index (χ0) is 16.2. The van der Waals surface area contributed by atoms with E-state index in [-0.39, 0.29) is 27.6 Å². The minimum absolute atomic E-state index is 0.0138. The van der Waals surface area contributed by atoms with Crippen LogP contribution in [0, 0.1) is 11.8 Å². The van der Waals surface area contributed by atoms with Gasteiger partial charge in [0.1, 0.15) is 11.5 Å². The maximum atomic E-state index is 12.6. The molecular formula is C14H17Cl2NO3S. The smallest absolute Gasteiger partial charge is 0.246 e. The molecule has 0 fully saturated rings. The molecule has 0 spiro atoms. The topological polar surface area (TPSA) is 57.6 Å². The molecule has 116 valence electrons. The monoisotopic (exact) mass is 349 g/mol. The Labute approximate surface area is 135 Å². The fourth-order valence-electron chi connectivity index (χ4n) is 1.66. The Morgan fingerprint density at radius 3 is 2.29 bits per heavy atom. The van der Waals surface area contributed by atoms with Crippen molar-refractivity contribution in [3.63, 3.8) is 0 Å². The molecule has 21 heavy (non-hydrogen) atoms. The Kier molecular flexibility index (Phi) is 6.51. The first-order valence-corrected chi connectivity index (χ1v) is 8.52. The van der Waals surface area contributed by atoms with Crippen LogP contribution in [-0.4, -0.2) is 37.5 Å². The number of benzene rings is 1. The largest absolute Gasteiger partial charge is 0.384 e. The average Bonchev–Trinajstić information content (AvgIpc) is 2.42. The van der Waals surface area contributed by atoms with Crippen LogP contribution in [0.25, 0.3) is 0 Å². The van der Waals surface area contributed by atoms with Crippen LogP contribution >= 0.6 is 23.2 Å². The summed E-state index contributed by atoms with van der Waals surface area (Å²) in [4.78, 5) is -0.122. The summed E-state index contributed by atoms with van der Waals surface area (Å²) in [5.41, 5.74) is 0.448.